The molecule has 0 spiro atoms. The highest BCUT2D eigenvalue weighted by molar-refractivity contribution is 6.49. The lowest BCUT2D eigenvalue weighted by Crippen LogP contribution is -2.22. The number of rotatable bonds is 1. The Morgan fingerprint density at radius 3 is 3.00 bits per heavy atom. The predicted octanol–water partition coefficient (Wildman–Crippen LogP) is -0.597. The lowest BCUT2D eigenvalue weighted by atomic mass is 9.81. The van der Waals surface area contributed by atoms with E-state index in [-0.39, 0.29) is 0 Å². The first-order valence-electron chi connectivity index (χ1n) is 2.81. The Morgan fingerprint density at radius 2 is 2.71 bits per heavy atom. The van der Waals surface area contributed by atoms with Crippen molar-refractivity contribution < 1.29 is 4.84 Å². The second kappa shape index (κ2) is 2.38. The van der Waals surface area contributed by atoms with Crippen LogP contribution in [-0.2, 0) is 4.84 Å². The van der Waals surface area contributed by atoms with Gasteiger partial charge in [0.25, 0.3) is 0 Å². The monoisotopic (exact) mass is 97.1 g/mol. The standard InChI is InChI=1S/C3H9B2NO/c1-4-6-5-2-3-7-6/h4-5H,2-3H2,1H3. The van der Waals surface area contributed by atoms with E-state index in [1.165, 1.54) is 6.32 Å². The van der Waals surface area contributed by atoms with Gasteiger partial charge in [0.05, 0.1) is 6.61 Å². The first-order chi connectivity index (χ1) is 3.43. The summed E-state index contributed by atoms with van der Waals surface area (Å²) >= 11 is 0. The van der Waals surface area contributed by atoms with E-state index in [1.54, 1.807) is 0 Å². The number of hydrogen-bond donors (Lipinski definition) is 0. The lowest BCUT2D eigenvalue weighted by Gasteiger charge is -2.06. The minimum Gasteiger partial charge on any atom is -0.323 e. The summed E-state index contributed by atoms with van der Waals surface area (Å²) in [6.07, 6.45) is 1.20. The molecule has 38 valence electrons. The highest BCUT2D eigenvalue weighted by Crippen LogP contribution is 1.98. The summed E-state index contributed by atoms with van der Waals surface area (Å²) in [5, 5.41) is 0. The van der Waals surface area contributed by atoms with Crippen molar-refractivity contribution >= 4 is 14.8 Å². The molecular weight excluding hydrogens is 87.7 g/mol. The quantitative estimate of drug-likeness (QED) is 0.405. The van der Waals surface area contributed by atoms with Crippen molar-refractivity contribution in [3.63, 3.8) is 0 Å². The van der Waals surface area contributed by atoms with Crippen molar-refractivity contribution in [1.29, 1.82) is 0 Å². The van der Waals surface area contributed by atoms with E-state index in [4.69, 9.17) is 4.84 Å². The van der Waals surface area contributed by atoms with E-state index in [0.29, 0.717) is 0 Å². The summed E-state index contributed by atoms with van der Waals surface area (Å²) in [7, 11) is 2.15. The zero-order valence-corrected chi connectivity index (χ0v) is 4.68. The SMILES string of the molecule is CBN1BCCO1. The van der Waals surface area contributed by atoms with Gasteiger partial charge in [-0.25, -0.2) is 0 Å². The zero-order chi connectivity index (χ0) is 5.11. The van der Waals surface area contributed by atoms with Crippen LogP contribution in [0.4, 0.5) is 0 Å². The molecule has 0 bridgehead atoms. The molecule has 1 fully saturated rings. The summed E-state index contributed by atoms with van der Waals surface area (Å²) < 4.78 is 0. The molecule has 1 heterocycles. The Hall–Kier alpha value is 0.0499. The Balaban J connectivity index is 2.14. The van der Waals surface area contributed by atoms with Gasteiger partial charge in [0, 0.05) is 0 Å². The molecular formula is C3H9B2NO. The summed E-state index contributed by atoms with van der Waals surface area (Å²) in [6.45, 7) is 3.03. The number of nitrogens with zero attached hydrogens (tertiary/aromatic N) is 1. The maximum Gasteiger partial charge on any atom is 0.223 e. The average Bonchev–Trinajstić information content (AvgIpc) is 2.14. The fraction of sp³-hybridized carbons (Fsp3) is 1.00. The van der Waals surface area contributed by atoms with Crippen LogP contribution in [-0.4, -0.2) is 26.3 Å². The van der Waals surface area contributed by atoms with Gasteiger partial charge >= 0.3 is 0 Å². The molecule has 0 aliphatic carbocycles. The average molecular weight is 96.7 g/mol. The zero-order valence-electron chi connectivity index (χ0n) is 4.68. The van der Waals surface area contributed by atoms with Crippen LogP contribution in [0, 0.1) is 0 Å². The van der Waals surface area contributed by atoms with Gasteiger partial charge in [-0.2, -0.15) is 0 Å². The second-order valence-electron chi connectivity index (χ2n) is 1.71. The smallest absolute Gasteiger partial charge is 0.223 e. The molecule has 4 heteroatoms. The normalized spacial score (nSPS) is 21.9. The second-order valence-corrected chi connectivity index (χ2v) is 1.71. The van der Waals surface area contributed by atoms with Crippen molar-refractivity contribution in [2.75, 3.05) is 6.61 Å². The lowest BCUT2D eigenvalue weighted by molar-refractivity contribution is 0.0112. The Morgan fingerprint density at radius 1 is 1.86 bits per heavy atom. The molecule has 0 aromatic carbocycles. The molecule has 1 aliphatic heterocycles. The minimum atomic E-state index is 0.924. The van der Waals surface area contributed by atoms with Gasteiger partial charge in [0.15, 0.2) is 0 Å². The van der Waals surface area contributed by atoms with E-state index >= 15 is 0 Å². The first-order valence-corrected chi connectivity index (χ1v) is 2.81. The largest absolute Gasteiger partial charge is 0.323 e. The Bertz CT molecular complexity index is 54.9. The maximum absolute atomic E-state index is 5.14. The minimum absolute atomic E-state index is 0.924. The third-order valence-electron chi connectivity index (χ3n) is 1.18. The summed E-state index contributed by atoms with van der Waals surface area (Å²) in [6, 6.07) is 0. The van der Waals surface area contributed by atoms with E-state index in [2.05, 4.69) is 6.82 Å². The molecule has 2 nitrogen and oxygen atoms in total. The Kier molecular flexibility index (Phi) is 1.77. The van der Waals surface area contributed by atoms with Crippen LogP contribution >= 0.6 is 0 Å². The molecule has 0 atom stereocenters. The van der Waals surface area contributed by atoms with E-state index in [9.17, 15) is 0 Å². The van der Waals surface area contributed by atoms with E-state index < -0.39 is 0 Å². The molecule has 7 heavy (non-hydrogen) atoms. The van der Waals surface area contributed by atoms with E-state index in [0.717, 1.165) is 21.4 Å². The van der Waals surface area contributed by atoms with Gasteiger partial charge in [-0.05, 0) is 6.32 Å². The van der Waals surface area contributed by atoms with Gasteiger partial charge in [0.2, 0.25) is 14.8 Å². The van der Waals surface area contributed by atoms with Gasteiger partial charge in [-0.3, -0.25) is 4.89 Å². The molecule has 0 aromatic heterocycles. The summed E-state index contributed by atoms with van der Waals surface area (Å²) in [5.74, 6) is 0. The van der Waals surface area contributed by atoms with Crippen LogP contribution in [0.5, 0.6) is 0 Å². The molecule has 0 amide bonds. The third-order valence-corrected chi connectivity index (χ3v) is 1.18. The molecule has 0 radical (unpaired) electrons. The first kappa shape index (κ1) is 5.19. The van der Waals surface area contributed by atoms with Gasteiger partial charge in [0.1, 0.15) is 0 Å². The van der Waals surface area contributed by atoms with Crippen LogP contribution in [0.1, 0.15) is 0 Å². The van der Waals surface area contributed by atoms with Crippen LogP contribution in [0.2, 0.25) is 13.1 Å². The third kappa shape index (κ3) is 1.21. The van der Waals surface area contributed by atoms with Crippen molar-refractivity contribution in [3.8, 4) is 0 Å². The molecule has 0 unspecified atom stereocenters. The molecule has 1 aliphatic rings. The molecule has 0 aromatic rings. The maximum atomic E-state index is 5.14. The topological polar surface area (TPSA) is 12.5 Å². The van der Waals surface area contributed by atoms with Gasteiger partial charge in [-0.1, -0.05) is 6.82 Å². The molecule has 0 N–H and O–H groups in total. The predicted molar refractivity (Wildman–Crippen MR) is 32.8 cm³/mol. The molecule has 0 saturated carbocycles. The van der Waals surface area contributed by atoms with Crippen molar-refractivity contribution in [2.24, 2.45) is 0 Å². The fourth-order valence-electron chi connectivity index (χ4n) is 0.749. The molecule has 1 rings (SSSR count). The van der Waals surface area contributed by atoms with Crippen LogP contribution in [0.15, 0.2) is 0 Å². The highest BCUT2D eigenvalue weighted by atomic mass is 16.7. The van der Waals surface area contributed by atoms with Crippen LogP contribution < -0.4 is 0 Å². The van der Waals surface area contributed by atoms with E-state index in [1.807, 2.05) is 4.89 Å². The van der Waals surface area contributed by atoms with Crippen LogP contribution in [0.25, 0.3) is 0 Å². The Labute approximate surface area is 45.3 Å². The van der Waals surface area contributed by atoms with Crippen molar-refractivity contribution in [1.82, 2.24) is 4.89 Å². The molecule has 1 saturated heterocycles. The highest BCUT2D eigenvalue weighted by Gasteiger charge is 2.10. The van der Waals surface area contributed by atoms with Crippen molar-refractivity contribution in [3.05, 3.63) is 0 Å². The summed E-state index contributed by atoms with van der Waals surface area (Å²) in [4.78, 5) is 7.12. The van der Waals surface area contributed by atoms with Gasteiger partial charge in [-0.15, -0.1) is 0 Å². The van der Waals surface area contributed by atoms with Crippen molar-refractivity contribution in [2.45, 2.75) is 13.1 Å². The summed E-state index contributed by atoms with van der Waals surface area (Å²) in [5.41, 5.74) is 0. The number of hydrogen-bond acceptors (Lipinski definition) is 2. The van der Waals surface area contributed by atoms with Crippen LogP contribution in [0.3, 0.4) is 0 Å². The van der Waals surface area contributed by atoms with Gasteiger partial charge < -0.3 is 4.84 Å². The fourth-order valence-corrected chi connectivity index (χ4v) is 0.749.